The number of amides is 1. The summed E-state index contributed by atoms with van der Waals surface area (Å²) in [7, 11) is 0. The van der Waals surface area contributed by atoms with Gasteiger partial charge in [0.15, 0.2) is 10.6 Å². The van der Waals surface area contributed by atoms with E-state index in [1.807, 2.05) is 18.2 Å². The second kappa shape index (κ2) is 8.25. The van der Waals surface area contributed by atoms with Crippen LogP contribution in [0.5, 0.6) is 0 Å². The highest BCUT2D eigenvalue weighted by Crippen LogP contribution is 2.19. The summed E-state index contributed by atoms with van der Waals surface area (Å²) in [5.74, 6) is 0.0761. The van der Waals surface area contributed by atoms with Gasteiger partial charge >= 0.3 is 0 Å². The van der Waals surface area contributed by atoms with Crippen LogP contribution in [0.2, 0.25) is 5.02 Å². The monoisotopic (exact) mass is 390 g/mol. The molecule has 8 heteroatoms. The molecule has 134 valence electrons. The number of nitrogens with one attached hydrogen (secondary N) is 2. The minimum Gasteiger partial charge on any atom is -0.354 e. The van der Waals surface area contributed by atoms with Crippen LogP contribution in [0.3, 0.4) is 0 Å². The Kier molecular flexibility index (Phi) is 5.80. The molecule has 0 fully saturated rings. The van der Waals surface area contributed by atoms with Crippen molar-refractivity contribution in [2.45, 2.75) is 13.0 Å². The molecule has 3 aromatic rings. The molecular formula is C18H16ClFN4OS. The predicted molar refractivity (Wildman–Crippen MR) is 101 cm³/mol. The van der Waals surface area contributed by atoms with Gasteiger partial charge in [0.1, 0.15) is 12.4 Å². The van der Waals surface area contributed by atoms with Crippen LogP contribution in [0.25, 0.3) is 11.4 Å². The molecule has 0 saturated heterocycles. The highest BCUT2D eigenvalue weighted by atomic mass is 35.5. The van der Waals surface area contributed by atoms with Crippen LogP contribution in [0.15, 0.2) is 48.5 Å². The first kappa shape index (κ1) is 18.3. The van der Waals surface area contributed by atoms with Crippen molar-refractivity contribution in [1.82, 2.24) is 20.1 Å². The van der Waals surface area contributed by atoms with E-state index in [1.54, 1.807) is 22.8 Å². The molecule has 0 bridgehead atoms. The summed E-state index contributed by atoms with van der Waals surface area (Å²) in [5.41, 5.74) is 1.63. The van der Waals surface area contributed by atoms with Crippen molar-refractivity contribution in [3.63, 3.8) is 0 Å². The van der Waals surface area contributed by atoms with E-state index in [0.717, 1.165) is 11.1 Å². The molecule has 1 aromatic heterocycles. The fourth-order valence-corrected chi connectivity index (χ4v) is 2.84. The molecule has 1 heterocycles. The van der Waals surface area contributed by atoms with Crippen molar-refractivity contribution in [2.24, 2.45) is 0 Å². The normalized spacial score (nSPS) is 10.7. The average molecular weight is 391 g/mol. The number of benzene rings is 2. The lowest BCUT2D eigenvalue weighted by Gasteiger charge is -2.08. The lowest BCUT2D eigenvalue weighted by Crippen LogP contribution is -2.29. The predicted octanol–water partition coefficient (Wildman–Crippen LogP) is 3.76. The van der Waals surface area contributed by atoms with Gasteiger partial charge in [-0.25, -0.2) is 4.39 Å². The summed E-state index contributed by atoms with van der Waals surface area (Å²) in [5, 5.41) is 10.3. The van der Waals surface area contributed by atoms with Crippen LogP contribution in [0.4, 0.5) is 4.39 Å². The van der Waals surface area contributed by atoms with Gasteiger partial charge in [-0.05, 0) is 60.6 Å². The van der Waals surface area contributed by atoms with Gasteiger partial charge in [0, 0.05) is 17.1 Å². The first-order chi connectivity index (χ1) is 12.5. The second-order valence-electron chi connectivity index (χ2n) is 5.68. The Hall–Kier alpha value is -2.51. The van der Waals surface area contributed by atoms with Gasteiger partial charge in [-0.1, -0.05) is 23.7 Å². The van der Waals surface area contributed by atoms with Gasteiger partial charge in [0.2, 0.25) is 5.91 Å². The third-order valence-corrected chi connectivity index (χ3v) is 4.35. The number of rotatable bonds is 6. The highest BCUT2D eigenvalue weighted by Gasteiger charge is 2.12. The van der Waals surface area contributed by atoms with Crippen LogP contribution in [0.1, 0.15) is 5.56 Å². The molecule has 0 aliphatic carbocycles. The first-order valence-corrected chi connectivity index (χ1v) is 8.74. The number of carbonyl (C=O) groups is 1. The third-order valence-electron chi connectivity index (χ3n) is 3.79. The van der Waals surface area contributed by atoms with Crippen molar-refractivity contribution in [3.05, 3.63) is 69.7 Å². The third kappa shape index (κ3) is 4.56. The number of hydrogen-bond acceptors (Lipinski definition) is 3. The van der Waals surface area contributed by atoms with Crippen LogP contribution >= 0.6 is 23.8 Å². The van der Waals surface area contributed by atoms with E-state index < -0.39 is 0 Å². The van der Waals surface area contributed by atoms with Crippen molar-refractivity contribution in [3.8, 4) is 11.4 Å². The molecule has 0 aliphatic heterocycles. The summed E-state index contributed by atoms with van der Waals surface area (Å²) in [6.45, 7) is 0.445. The molecule has 0 unspecified atom stereocenters. The van der Waals surface area contributed by atoms with Gasteiger partial charge in [-0.2, -0.15) is 5.10 Å². The molecule has 5 nitrogen and oxygen atoms in total. The Morgan fingerprint density at radius 2 is 2.04 bits per heavy atom. The molecule has 2 aromatic carbocycles. The molecule has 0 radical (unpaired) electrons. The van der Waals surface area contributed by atoms with Gasteiger partial charge < -0.3 is 5.32 Å². The zero-order valence-corrected chi connectivity index (χ0v) is 15.3. The Morgan fingerprint density at radius 3 is 2.77 bits per heavy atom. The Bertz CT molecular complexity index is 968. The smallest absolute Gasteiger partial charge is 0.240 e. The summed E-state index contributed by atoms with van der Waals surface area (Å²) < 4.78 is 15.1. The standard InChI is InChI=1S/C18H16ClFN4OS/c19-14-6-4-13(5-7-14)17-22-23-18(26)24(17)11-16(25)21-9-8-12-2-1-3-15(20)10-12/h1-7,10H,8-9,11H2,(H,21,25)(H,23,26). The van der Waals surface area contributed by atoms with Crippen molar-refractivity contribution < 1.29 is 9.18 Å². The summed E-state index contributed by atoms with van der Waals surface area (Å²) in [6.07, 6.45) is 0.546. The van der Waals surface area contributed by atoms with Gasteiger partial charge in [-0.3, -0.25) is 14.5 Å². The summed E-state index contributed by atoms with van der Waals surface area (Å²) in [6, 6.07) is 13.4. The summed E-state index contributed by atoms with van der Waals surface area (Å²) in [4.78, 5) is 12.2. The first-order valence-electron chi connectivity index (χ1n) is 7.95. The lowest BCUT2D eigenvalue weighted by molar-refractivity contribution is -0.121. The minimum atomic E-state index is -0.286. The number of aromatic amines is 1. The second-order valence-corrected chi connectivity index (χ2v) is 6.50. The molecule has 2 N–H and O–H groups in total. The van der Waals surface area contributed by atoms with Gasteiger partial charge in [-0.15, -0.1) is 0 Å². The molecule has 1 amide bonds. The van der Waals surface area contributed by atoms with E-state index in [-0.39, 0.29) is 18.3 Å². The fraction of sp³-hybridized carbons (Fsp3) is 0.167. The van der Waals surface area contributed by atoms with E-state index in [9.17, 15) is 9.18 Å². The van der Waals surface area contributed by atoms with Crippen LogP contribution in [-0.4, -0.2) is 27.2 Å². The topological polar surface area (TPSA) is 62.7 Å². The van der Waals surface area contributed by atoms with Crippen LogP contribution in [0, 0.1) is 10.6 Å². The van der Waals surface area contributed by atoms with E-state index in [2.05, 4.69) is 15.5 Å². The maximum Gasteiger partial charge on any atom is 0.240 e. The van der Waals surface area contributed by atoms with Crippen LogP contribution < -0.4 is 5.32 Å². The molecule has 0 aliphatic rings. The van der Waals surface area contributed by atoms with Crippen molar-refractivity contribution >= 4 is 29.7 Å². The molecule has 0 saturated carbocycles. The van der Waals surface area contributed by atoms with Crippen molar-refractivity contribution in [2.75, 3.05) is 6.54 Å². The van der Waals surface area contributed by atoms with Crippen molar-refractivity contribution in [1.29, 1.82) is 0 Å². The van der Waals surface area contributed by atoms with Gasteiger partial charge in [0.25, 0.3) is 0 Å². The lowest BCUT2D eigenvalue weighted by atomic mass is 10.1. The van der Waals surface area contributed by atoms with E-state index >= 15 is 0 Å². The number of aromatic nitrogens is 3. The number of halogens is 2. The minimum absolute atomic E-state index is 0.0381. The van der Waals surface area contributed by atoms with Crippen LogP contribution in [-0.2, 0) is 17.8 Å². The molecule has 26 heavy (non-hydrogen) atoms. The Balaban J connectivity index is 1.63. The SMILES string of the molecule is O=C(Cn1c(-c2ccc(Cl)cc2)n[nH]c1=S)NCCc1cccc(F)c1. The quantitative estimate of drug-likeness (QED) is 0.630. The molecule has 0 spiro atoms. The summed E-state index contributed by atoms with van der Waals surface area (Å²) >= 11 is 11.1. The largest absolute Gasteiger partial charge is 0.354 e. The van der Waals surface area contributed by atoms with E-state index in [1.165, 1.54) is 12.1 Å². The number of H-pyrrole nitrogens is 1. The van der Waals surface area contributed by atoms with E-state index in [4.69, 9.17) is 23.8 Å². The van der Waals surface area contributed by atoms with Gasteiger partial charge in [0.05, 0.1) is 0 Å². The highest BCUT2D eigenvalue weighted by molar-refractivity contribution is 7.71. The number of hydrogen-bond donors (Lipinski definition) is 2. The maximum absolute atomic E-state index is 13.2. The number of carbonyl (C=O) groups excluding carboxylic acids is 1. The Labute approximate surface area is 159 Å². The number of nitrogens with zero attached hydrogens (tertiary/aromatic N) is 2. The molecule has 0 atom stereocenters. The fourth-order valence-electron chi connectivity index (χ4n) is 2.52. The average Bonchev–Trinajstić information content (AvgIpc) is 2.96. The van der Waals surface area contributed by atoms with E-state index in [0.29, 0.717) is 28.6 Å². The Morgan fingerprint density at radius 1 is 1.27 bits per heavy atom. The molecular weight excluding hydrogens is 375 g/mol. The zero-order chi connectivity index (χ0) is 18.5. The maximum atomic E-state index is 13.2. The molecule has 3 rings (SSSR count). The zero-order valence-electron chi connectivity index (χ0n) is 13.7.